The molecule has 2 aromatic heterocycles. The molecule has 24 heavy (non-hydrogen) atoms. The zero-order valence-corrected chi connectivity index (χ0v) is 18.4. The molecule has 0 aliphatic heterocycles. The summed E-state index contributed by atoms with van der Waals surface area (Å²) in [5.74, 6) is 0.891. The van der Waals surface area contributed by atoms with Crippen molar-refractivity contribution in [2.75, 3.05) is 15.2 Å². The SMILES string of the molecule is CC(C)SCC(C)C(=O)N(CI)c1cn(-c2cccnc2)nc1Br. The van der Waals surface area contributed by atoms with E-state index >= 15 is 0 Å². The number of halogens is 2. The lowest BCUT2D eigenvalue weighted by atomic mass is 10.2. The first-order chi connectivity index (χ1) is 11.4. The van der Waals surface area contributed by atoms with E-state index in [1.54, 1.807) is 33.7 Å². The summed E-state index contributed by atoms with van der Waals surface area (Å²) in [6.07, 6.45) is 5.32. The van der Waals surface area contributed by atoms with E-state index < -0.39 is 0 Å². The number of nitrogens with zero attached hydrogens (tertiary/aromatic N) is 4. The summed E-state index contributed by atoms with van der Waals surface area (Å²) < 4.78 is 2.96. The second-order valence-electron chi connectivity index (χ2n) is 5.63. The maximum Gasteiger partial charge on any atom is 0.231 e. The highest BCUT2D eigenvalue weighted by Crippen LogP contribution is 2.29. The van der Waals surface area contributed by atoms with Gasteiger partial charge in [-0.05, 0) is 33.3 Å². The number of aromatic nitrogens is 3. The molecule has 0 bridgehead atoms. The van der Waals surface area contributed by atoms with Crippen LogP contribution in [0.15, 0.2) is 35.3 Å². The van der Waals surface area contributed by atoms with Gasteiger partial charge in [-0.15, -0.1) is 0 Å². The van der Waals surface area contributed by atoms with E-state index in [2.05, 4.69) is 62.5 Å². The van der Waals surface area contributed by atoms with Gasteiger partial charge in [-0.2, -0.15) is 16.9 Å². The van der Waals surface area contributed by atoms with Crippen molar-refractivity contribution in [3.63, 3.8) is 0 Å². The van der Waals surface area contributed by atoms with Crippen LogP contribution in [-0.4, -0.2) is 36.2 Å². The van der Waals surface area contributed by atoms with E-state index in [1.807, 2.05) is 25.3 Å². The van der Waals surface area contributed by atoms with Crippen LogP contribution in [0.1, 0.15) is 20.8 Å². The number of carbonyl (C=O) groups is 1. The summed E-state index contributed by atoms with van der Waals surface area (Å²) >= 11 is 7.50. The van der Waals surface area contributed by atoms with E-state index in [0.717, 1.165) is 17.1 Å². The smallest absolute Gasteiger partial charge is 0.231 e. The molecule has 0 aliphatic carbocycles. The third-order valence-electron chi connectivity index (χ3n) is 3.34. The molecule has 2 aromatic rings. The quantitative estimate of drug-likeness (QED) is 0.304. The molecule has 0 aliphatic rings. The normalized spacial score (nSPS) is 12.4. The number of hydrogen-bond donors (Lipinski definition) is 0. The van der Waals surface area contributed by atoms with Gasteiger partial charge in [-0.1, -0.05) is 43.4 Å². The van der Waals surface area contributed by atoms with Gasteiger partial charge in [0.05, 0.1) is 28.3 Å². The van der Waals surface area contributed by atoms with Gasteiger partial charge in [-0.25, -0.2) is 4.68 Å². The first-order valence-electron chi connectivity index (χ1n) is 7.58. The Morgan fingerprint density at radius 2 is 2.21 bits per heavy atom. The van der Waals surface area contributed by atoms with E-state index in [9.17, 15) is 4.79 Å². The van der Waals surface area contributed by atoms with Gasteiger partial charge < -0.3 is 0 Å². The van der Waals surface area contributed by atoms with Gasteiger partial charge in [0.1, 0.15) is 0 Å². The van der Waals surface area contributed by atoms with Gasteiger partial charge in [0.25, 0.3) is 0 Å². The molecule has 0 saturated carbocycles. The molecular weight excluding hydrogens is 503 g/mol. The van der Waals surface area contributed by atoms with Gasteiger partial charge in [0.15, 0.2) is 4.60 Å². The summed E-state index contributed by atoms with van der Waals surface area (Å²) in [5.41, 5.74) is 1.63. The summed E-state index contributed by atoms with van der Waals surface area (Å²) in [6, 6.07) is 3.78. The Morgan fingerprint density at radius 1 is 1.46 bits per heavy atom. The van der Waals surface area contributed by atoms with Crippen LogP contribution in [-0.2, 0) is 4.79 Å². The van der Waals surface area contributed by atoms with Crippen molar-refractivity contribution in [1.82, 2.24) is 14.8 Å². The first-order valence-corrected chi connectivity index (χ1v) is 10.9. The summed E-state index contributed by atoms with van der Waals surface area (Å²) in [4.78, 5) is 18.7. The van der Waals surface area contributed by atoms with E-state index in [-0.39, 0.29) is 11.8 Å². The average Bonchev–Trinajstić information content (AvgIpc) is 2.96. The molecule has 8 heteroatoms. The molecule has 0 saturated heterocycles. The highest BCUT2D eigenvalue weighted by Gasteiger charge is 2.25. The molecule has 0 aromatic carbocycles. The van der Waals surface area contributed by atoms with Crippen molar-refractivity contribution < 1.29 is 4.79 Å². The maximum absolute atomic E-state index is 12.8. The Hall–Kier alpha value is -0.610. The molecule has 0 fully saturated rings. The number of amides is 1. The van der Waals surface area contributed by atoms with Crippen LogP contribution < -0.4 is 4.90 Å². The number of carbonyl (C=O) groups excluding carboxylic acids is 1. The van der Waals surface area contributed by atoms with Crippen molar-refractivity contribution in [1.29, 1.82) is 0 Å². The van der Waals surface area contributed by atoms with Crippen LogP contribution in [0.4, 0.5) is 5.69 Å². The zero-order valence-electron chi connectivity index (χ0n) is 13.8. The van der Waals surface area contributed by atoms with Crippen molar-refractivity contribution in [2.24, 2.45) is 5.92 Å². The topological polar surface area (TPSA) is 51.0 Å². The number of hydrogen-bond acceptors (Lipinski definition) is 4. The Bertz CT molecular complexity index is 680. The van der Waals surface area contributed by atoms with E-state index in [0.29, 0.717) is 14.4 Å². The van der Waals surface area contributed by atoms with Crippen molar-refractivity contribution in [3.05, 3.63) is 35.3 Å². The molecule has 0 radical (unpaired) electrons. The monoisotopic (exact) mass is 522 g/mol. The van der Waals surface area contributed by atoms with Crippen LogP contribution in [0, 0.1) is 5.92 Å². The largest absolute Gasteiger partial charge is 0.298 e. The summed E-state index contributed by atoms with van der Waals surface area (Å²) in [7, 11) is 0. The third-order valence-corrected chi connectivity index (χ3v) is 5.95. The van der Waals surface area contributed by atoms with Gasteiger partial charge >= 0.3 is 0 Å². The van der Waals surface area contributed by atoms with Crippen molar-refractivity contribution in [3.8, 4) is 5.69 Å². The molecule has 130 valence electrons. The number of alkyl halides is 1. The fourth-order valence-electron chi connectivity index (χ4n) is 2.06. The molecule has 5 nitrogen and oxygen atoms in total. The minimum Gasteiger partial charge on any atom is -0.298 e. The van der Waals surface area contributed by atoms with Crippen LogP contribution in [0.3, 0.4) is 0 Å². The first kappa shape index (κ1) is 19.7. The van der Waals surface area contributed by atoms with Crippen LogP contribution in [0.2, 0.25) is 0 Å². The lowest BCUT2D eigenvalue weighted by molar-refractivity contribution is -0.121. The van der Waals surface area contributed by atoms with Crippen LogP contribution >= 0.6 is 50.3 Å². The third kappa shape index (κ3) is 4.95. The molecule has 1 unspecified atom stereocenters. The van der Waals surface area contributed by atoms with Gasteiger partial charge in [0, 0.05) is 17.9 Å². The van der Waals surface area contributed by atoms with Gasteiger partial charge in [0.2, 0.25) is 5.91 Å². The molecule has 0 N–H and O–H groups in total. The fraction of sp³-hybridized carbons (Fsp3) is 0.438. The number of thioether (sulfide) groups is 1. The predicted octanol–water partition coefficient (Wildman–Crippen LogP) is 4.53. The average molecular weight is 523 g/mol. The maximum atomic E-state index is 12.8. The molecule has 0 spiro atoms. The van der Waals surface area contributed by atoms with E-state index in [4.69, 9.17) is 0 Å². The lowest BCUT2D eigenvalue weighted by Gasteiger charge is -2.23. The second-order valence-corrected chi connectivity index (χ2v) is 8.67. The molecule has 2 rings (SSSR count). The fourth-order valence-corrected chi connectivity index (χ4v) is 4.07. The Morgan fingerprint density at radius 3 is 2.79 bits per heavy atom. The number of anilines is 1. The molecule has 1 amide bonds. The molecule has 1 atom stereocenters. The number of pyridine rings is 1. The minimum absolute atomic E-state index is 0.0409. The lowest BCUT2D eigenvalue weighted by Crippen LogP contribution is -2.35. The summed E-state index contributed by atoms with van der Waals surface area (Å²) in [6.45, 7) is 6.27. The minimum atomic E-state index is -0.0409. The highest BCUT2D eigenvalue weighted by atomic mass is 127. The van der Waals surface area contributed by atoms with Crippen LogP contribution in [0.5, 0.6) is 0 Å². The second kappa shape index (κ2) is 9.19. The Labute approximate surface area is 168 Å². The van der Waals surface area contributed by atoms with Crippen LogP contribution in [0.25, 0.3) is 5.69 Å². The van der Waals surface area contributed by atoms with Crippen molar-refractivity contribution >= 4 is 61.9 Å². The van der Waals surface area contributed by atoms with E-state index in [1.165, 1.54) is 0 Å². The predicted molar refractivity (Wildman–Crippen MR) is 112 cm³/mol. The van der Waals surface area contributed by atoms with Crippen molar-refractivity contribution in [2.45, 2.75) is 26.0 Å². The standard InChI is InChI=1S/C16H20BrIN4OS/c1-11(2)24-9-12(3)16(23)21(10-18)14-8-22(20-15(14)17)13-5-4-6-19-7-13/h4-8,11-12H,9-10H2,1-3H3. The summed E-state index contributed by atoms with van der Waals surface area (Å²) in [5, 5.41) is 4.98. The zero-order chi connectivity index (χ0) is 17.7. The Balaban J connectivity index is 2.21. The Kier molecular flexibility index (Phi) is 7.55. The molecular formula is C16H20BrIN4OS. The molecule has 2 heterocycles. The highest BCUT2D eigenvalue weighted by molar-refractivity contribution is 14.1. The van der Waals surface area contributed by atoms with Gasteiger partial charge in [-0.3, -0.25) is 14.7 Å². The number of rotatable bonds is 7.